The van der Waals surface area contributed by atoms with E-state index in [2.05, 4.69) is 18.2 Å². The number of nitrogens with zero attached hydrogens (tertiary/aromatic N) is 1. The lowest BCUT2D eigenvalue weighted by Gasteiger charge is -2.45. The fourth-order valence-corrected chi connectivity index (χ4v) is 5.31. The molecule has 1 aliphatic carbocycles. The summed E-state index contributed by atoms with van der Waals surface area (Å²) >= 11 is 0. The number of anilines is 1. The van der Waals surface area contributed by atoms with Crippen molar-refractivity contribution in [3.05, 3.63) is 29.8 Å². The molecule has 0 spiro atoms. The third-order valence-electron chi connectivity index (χ3n) is 7.32. The van der Waals surface area contributed by atoms with Crippen LogP contribution >= 0.6 is 0 Å². The van der Waals surface area contributed by atoms with Gasteiger partial charge in [0.25, 0.3) is 6.02 Å². The van der Waals surface area contributed by atoms with Crippen molar-refractivity contribution in [3.63, 3.8) is 0 Å². The molecule has 1 saturated heterocycles. The average molecular weight is 429 g/mol. The zero-order chi connectivity index (χ0) is 21.9. The largest absolute Gasteiger partial charge is 0.462 e. The Balaban J connectivity index is 1.60. The van der Waals surface area contributed by atoms with Crippen molar-refractivity contribution in [1.82, 2.24) is 0 Å². The maximum atomic E-state index is 14.6. The molecule has 2 heterocycles. The summed E-state index contributed by atoms with van der Waals surface area (Å²) in [6, 6.07) is 7.37. The van der Waals surface area contributed by atoms with Crippen LogP contribution in [0.2, 0.25) is 5.31 Å². The van der Waals surface area contributed by atoms with Crippen LogP contribution in [0.5, 0.6) is 0 Å². The predicted molar refractivity (Wildman–Crippen MR) is 122 cm³/mol. The average Bonchev–Trinajstić information content (AvgIpc) is 2.76. The number of hydrogen-bond acceptors (Lipinski definition) is 5. The number of alkyl halides is 1. The summed E-state index contributed by atoms with van der Waals surface area (Å²) in [5, 5.41) is 2.72. The van der Waals surface area contributed by atoms with Crippen molar-refractivity contribution in [3.8, 4) is 0 Å². The number of benzene rings is 1. The minimum atomic E-state index is -1.17. The second-order valence-electron chi connectivity index (χ2n) is 9.50. The van der Waals surface area contributed by atoms with Gasteiger partial charge in [-0.05, 0) is 30.5 Å². The molecule has 1 amide bonds. The van der Waals surface area contributed by atoms with E-state index in [-0.39, 0.29) is 29.3 Å². The fourth-order valence-electron chi connectivity index (χ4n) is 5.31. The van der Waals surface area contributed by atoms with Crippen LogP contribution in [0.3, 0.4) is 0 Å². The zero-order valence-electron chi connectivity index (χ0n) is 18.4. The minimum absolute atomic E-state index is 0.0114. The van der Waals surface area contributed by atoms with Crippen molar-refractivity contribution >= 4 is 25.5 Å². The molecule has 1 saturated carbocycles. The molecule has 0 aromatic heterocycles. The molecule has 3 aliphatic rings. The highest BCUT2D eigenvalue weighted by atomic mass is 19.1. The number of hydrogen-bond donors (Lipinski definition) is 2. The smallest absolute Gasteiger partial charge is 0.283 e. The van der Waals surface area contributed by atoms with E-state index in [1.807, 2.05) is 24.3 Å². The fraction of sp³-hybridized carbons (Fsp3) is 0.652. The molecule has 0 bridgehead atoms. The van der Waals surface area contributed by atoms with Gasteiger partial charge < -0.3 is 20.5 Å². The quantitative estimate of drug-likeness (QED) is 0.721. The van der Waals surface area contributed by atoms with E-state index in [0.717, 1.165) is 25.7 Å². The second-order valence-corrected chi connectivity index (χ2v) is 9.50. The van der Waals surface area contributed by atoms with Crippen molar-refractivity contribution in [2.45, 2.75) is 68.3 Å². The van der Waals surface area contributed by atoms with Crippen LogP contribution in [0.15, 0.2) is 29.3 Å². The lowest BCUT2D eigenvalue weighted by atomic mass is 9.61. The van der Waals surface area contributed by atoms with E-state index in [0.29, 0.717) is 30.9 Å². The molecule has 1 aromatic carbocycles. The highest BCUT2D eigenvalue weighted by molar-refractivity contribution is 6.30. The first-order valence-electron chi connectivity index (χ1n) is 11.5. The highest BCUT2D eigenvalue weighted by Crippen LogP contribution is 2.44. The molecule has 6 nitrogen and oxygen atoms in total. The monoisotopic (exact) mass is 429 g/mol. The van der Waals surface area contributed by atoms with Crippen LogP contribution in [-0.2, 0) is 19.8 Å². The zero-order valence-corrected chi connectivity index (χ0v) is 18.4. The molecule has 2 fully saturated rings. The molecule has 1 aromatic rings. The van der Waals surface area contributed by atoms with E-state index in [4.69, 9.17) is 15.2 Å². The standard InChI is InChI=1S/C23H33BFN3O3/c24-22(10-4-2-1-3-5-11-22)20(29)27-17-8-6-7-16(13-17)23(15-25)18-14-30-12-9-19(18)31-21(26)28-23/h6-8,13,18-19H,1-5,9-12,14-15,24H2,(H2,26,28)(H,27,29)/t18-,19+,23+/m0/s1. The van der Waals surface area contributed by atoms with Gasteiger partial charge in [0.1, 0.15) is 26.2 Å². The minimum Gasteiger partial charge on any atom is -0.462 e. The Morgan fingerprint density at radius 3 is 2.74 bits per heavy atom. The van der Waals surface area contributed by atoms with Crippen LogP contribution < -0.4 is 11.1 Å². The predicted octanol–water partition coefficient (Wildman–Crippen LogP) is 3.08. The Bertz CT molecular complexity index is 828. The maximum absolute atomic E-state index is 14.6. The summed E-state index contributed by atoms with van der Waals surface area (Å²) in [6.07, 6.45) is 7.99. The molecular formula is C23H33BFN3O3. The Labute approximate surface area is 184 Å². The summed E-state index contributed by atoms with van der Waals surface area (Å²) in [6.45, 7) is 0.211. The molecular weight excluding hydrogens is 396 g/mol. The summed E-state index contributed by atoms with van der Waals surface area (Å²) in [5.74, 6) is -0.234. The van der Waals surface area contributed by atoms with Gasteiger partial charge in [0.05, 0.1) is 19.1 Å². The topological polar surface area (TPSA) is 85.9 Å². The van der Waals surface area contributed by atoms with Crippen LogP contribution in [0, 0.1) is 5.92 Å². The number of nitrogens with one attached hydrogen (secondary N) is 1. The number of ether oxygens (including phenoxy) is 2. The number of nitrogens with two attached hydrogens (primary N) is 1. The van der Waals surface area contributed by atoms with Gasteiger partial charge in [-0.15, -0.1) is 0 Å². The Hall–Kier alpha value is -2.09. The summed E-state index contributed by atoms with van der Waals surface area (Å²) in [5.41, 5.74) is 6.12. The number of rotatable bonds is 4. The molecule has 168 valence electrons. The van der Waals surface area contributed by atoms with E-state index in [9.17, 15) is 9.18 Å². The molecule has 3 atom stereocenters. The van der Waals surface area contributed by atoms with Crippen LogP contribution in [0.25, 0.3) is 0 Å². The molecule has 2 aliphatic heterocycles. The molecule has 0 unspecified atom stereocenters. The van der Waals surface area contributed by atoms with Gasteiger partial charge >= 0.3 is 0 Å². The Morgan fingerprint density at radius 1 is 1.26 bits per heavy atom. The Morgan fingerprint density at radius 2 is 2.00 bits per heavy atom. The number of carbonyl (C=O) groups is 1. The normalized spacial score (nSPS) is 30.7. The maximum Gasteiger partial charge on any atom is 0.283 e. The summed E-state index contributed by atoms with van der Waals surface area (Å²) in [7, 11) is 2.06. The third kappa shape index (κ3) is 4.45. The van der Waals surface area contributed by atoms with Gasteiger partial charge in [0, 0.05) is 17.4 Å². The third-order valence-corrected chi connectivity index (χ3v) is 7.32. The Kier molecular flexibility index (Phi) is 6.56. The van der Waals surface area contributed by atoms with Crippen LogP contribution in [0.4, 0.5) is 10.1 Å². The van der Waals surface area contributed by atoms with Gasteiger partial charge in [-0.25, -0.2) is 9.38 Å². The summed E-state index contributed by atoms with van der Waals surface area (Å²) in [4.78, 5) is 17.6. The van der Waals surface area contributed by atoms with E-state index in [1.165, 1.54) is 19.3 Å². The van der Waals surface area contributed by atoms with Crippen molar-refractivity contribution in [2.24, 2.45) is 16.6 Å². The molecule has 31 heavy (non-hydrogen) atoms. The van der Waals surface area contributed by atoms with Gasteiger partial charge in [-0.3, -0.25) is 4.79 Å². The van der Waals surface area contributed by atoms with E-state index in [1.54, 1.807) is 0 Å². The van der Waals surface area contributed by atoms with E-state index >= 15 is 0 Å². The molecule has 0 radical (unpaired) electrons. The number of carbonyl (C=O) groups excluding carboxylic acids is 1. The lowest BCUT2D eigenvalue weighted by molar-refractivity contribution is -0.119. The number of fused-ring (bicyclic) bond motifs is 1. The first-order chi connectivity index (χ1) is 15.0. The molecule has 8 heteroatoms. The van der Waals surface area contributed by atoms with Crippen LogP contribution in [-0.4, -0.2) is 45.8 Å². The lowest BCUT2D eigenvalue weighted by Crippen LogP contribution is -2.54. The van der Waals surface area contributed by atoms with Crippen molar-refractivity contribution in [2.75, 3.05) is 25.2 Å². The van der Waals surface area contributed by atoms with E-state index < -0.39 is 12.2 Å². The SMILES string of the molecule is BC1(C(=O)Nc2cccc([C@@]3(CF)N=C(N)O[C@@H]4CCOC[C@@H]43)c2)CCCCCCC1. The van der Waals surface area contributed by atoms with Gasteiger partial charge in [-0.1, -0.05) is 44.2 Å². The highest BCUT2D eigenvalue weighted by Gasteiger charge is 2.50. The number of halogens is 1. The van der Waals surface area contributed by atoms with Gasteiger partial charge in [0.2, 0.25) is 5.91 Å². The first-order valence-corrected chi connectivity index (χ1v) is 11.5. The van der Waals surface area contributed by atoms with Crippen molar-refractivity contribution in [1.29, 1.82) is 0 Å². The number of amidine groups is 1. The molecule has 3 N–H and O–H groups in total. The van der Waals surface area contributed by atoms with Crippen molar-refractivity contribution < 1.29 is 18.7 Å². The van der Waals surface area contributed by atoms with Gasteiger partial charge in [0.15, 0.2) is 0 Å². The van der Waals surface area contributed by atoms with Crippen LogP contribution in [0.1, 0.15) is 56.9 Å². The number of amides is 1. The summed E-state index contributed by atoms with van der Waals surface area (Å²) < 4.78 is 26.0. The van der Waals surface area contributed by atoms with Gasteiger partial charge in [-0.2, -0.15) is 0 Å². The number of aliphatic imine (C=N–C) groups is 1. The second kappa shape index (κ2) is 9.19. The first kappa shape index (κ1) is 22.1. The molecule has 4 rings (SSSR count).